The fourth-order valence-electron chi connectivity index (χ4n) is 2.34. The van der Waals surface area contributed by atoms with Crippen LogP contribution in [0.4, 0.5) is 4.39 Å². The Labute approximate surface area is 155 Å². The minimum atomic E-state index is -0.632. The van der Waals surface area contributed by atoms with Gasteiger partial charge in [-0.05, 0) is 43.3 Å². The average Bonchev–Trinajstić information content (AvgIpc) is 3.01. The molecule has 0 saturated carbocycles. The van der Waals surface area contributed by atoms with Crippen LogP contribution in [0.15, 0.2) is 53.7 Å². The number of hydrogen-bond acceptors (Lipinski definition) is 5. The number of aliphatic hydroxyl groups is 1. The highest BCUT2D eigenvalue weighted by Crippen LogP contribution is 2.23. The summed E-state index contributed by atoms with van der Waals surface area (Å²) in [6.45, 7) is 2.22. The van der Waals surface area contributed by atoms with Crippen LogP contribution in [0.25, 0.3) is 11.4 Å². The Bertz CT molecular complexity index is 850. The molecule has 26 heavy (non-hydrogen) atoms. The molecule has 0 aliphatic rings. The lowest BCUT2D eigenvalue weighted by molar-refractivity contribution is 0.126. The Balaban J connectivity index is 1.54. The van der Waals surface area contributed by atoms with E-state index in [2.05, 4.69) is 10.2 Å². The molecule has 1 aromatic heterocycles. The average molecular weight is 373 g/mol. The van der Waals surface area contributed by atoms with E-state index in [1.807, 2.05) is 42.8 Å². The molecule has 2 aromatic carbocycles. The van der Waals surface area contributed by atoms with Gasteiger partial charge in [-0.3, -0.25) is 0 Å². The van der Waals surface area contributed by atoms with Crippen molar-refractivity contribution in [2.24, 2.45) is 7.05 Å². The van der Waals surface area contributed by atoms with E-state index < -0.39 is 6.10 Å². The molecule has 1 N–H and O–H groups in total. The summed E-state index contributed by atoms with van der Waals surface area (Å²) in [6.07, 6.45) is -0.632. The largest absolute Gasteiger partial charge is 0.491 e. The van der Waals surface area contributed by atoms with E-state index >= 15 is 0 Å². The number of rotatable bonds is 7. The summed E-state index contributed by atoms with van der Waals surface area (Å²) in [5.41, 5.74) is 1.95. The van der Waals surface area contributed by atoms with Crippen molar-refractivity contribution in [3.05, 3.63) is 59.9 Å². The van der Waals surface area contributed by atoms with Crippen LogP contribution in [0.3, 0.4) is 0 Å². The van der Waals surface area contributed by atoms with Gasteiger partial charge in [-0.2, -0.15) is 0 Å². The Morgan fingerprint density at radius 1 is 1.12 bits per heavy atom. The third kappa shape index (κ3) is 4.62. The summed E-state index contributed by atoms with van der Waals surface area (Å²) < 4.78 is 20.5. The molecule has 0 unspecified atom stereocenters. The van der Waals surface area contributed by atoms with Gasteiger partial charge in [-0.15, -0.1) is 10.2 Å². The fourth-order valence-corrected chi connectivity index (χ4v) is 3.15. The lowest BCUT2D eigenvalue weighted by Gasteiger charge is -2.12. The van der Waals surface area contributed by atoms with Crippen LogP contribution in [0.2, 0.25) is 0 Å². The van der Waals surface area contributed by atoms with Gasteiger partial charge in [0.05, 0.1) is 6.10 Å². The van der Waals surface area contributed by atoms with Crippen LogP contribution in [-0.2, 0) is 7.05 Å². The standard InChI is InChI=1S/C19H20FN3O2S/c1-13-3-9-17(10-4-13)25-11-16(24)12-26-19-22-21-18(23(19)2)14-5-7-15(20)8-6-14/h3-10,16,24H,11-12H2,1-2H3/t16-/m1/s1. The second-order valence-electron chi connectivity index (χ2n) is 5.96. The number of benzene rings is 2. The van der Waals surface area contributed by atoms with Crippen molar-refractivity contribution in [2.45, 2.75) is 18.2 Å². The van der Waals surface area contributed by atoms with Crippen LogP contribution < -0.4 is 4.74 Å². The van der Waals surface area contributed by atoms with Crippen LogP contribution >= 0.6 is 11.8 Å². The molecule has 1 heterocycles. The maximum atomic E-state index is 13.0. The fraction of sp³-hybridized carbons (Fsp3) is 0.263. The highest BCUT2D eigenvalue weighted by Gasteiger charge is 2.14. The number of aryl methyl sites for hydroxylation is 1. The molecule has 3 rings (SSSR count). The SMILES string of the molecule is Cc1ccc(OC[C@@H](O)CSc2nnc(-c3ccc(F)cc3)n2C)cc1. The first-order valence-corrected chi connectivity index (χ1v) is 9.17. The van der Waals surface area contributed by atoms with E-state index in [9.17, 15) is 9.50 Å². The number of halogens is 1. The van der Waals surface area contributed by atoms with Gasteiger partial charge in [0.15, 0.2) is 11.0 Å². The van der Waals surface area contributed by atoms with Crippen molar-refractivity contribution >= 4 is 11.8 Å². The Morgan fingerprint density at radius 3 is 2.50 bits per heavy atom. The van der Waals surface area contributed by atoms with Gasteiger partial charge in [0.25, 0.3) is 0 Å². The number of hydrogen-bond donors (Lipinski definition) is 1. The van der Waals surface area contributed by atoms with Crippen LogP contribution in [0.1, 0.15) is 5.56 Å². The van der Waals surface area contributed by atoms with Gasteiger partial charge in [0, 0.05) is 18.4 Å². The summed E-state index contributed by atoms with van der Waals surface area (Å²) >= 11 is 1.40. The smallest absolute Gasteiger partial charge is 0.191 e. The first kappa shape index (κ1) is 18.4. The molecule has 0 amide bonds. The summed E-state index contributed by atoms with van der Waals surface area (Å²) in [4.78, 5) is 0. The van der Waals surface area contributed by atoms with Gasteiger partial charge in [-0.25, -0.2) is 4.39 Å². The molecule has 3 aromatic rings. The van der Waals surface area contributed by atoms with Crippen molar-refractivity contribution < 1.29 is 14.2 Å². The zero-order valence-corrected chi connectivity index (χ0v) is 15.4. The van der Waals surface area contributed by atoms with E-state index in [-0.39, 0.29) is 12.4 Å². The summed E-state index contributed by atoms with van der Waals surface area (Å²) in [6, 6.07) is 13.8. The maximum Gasteiger partial charge on any atom is 0.191 e. The zero-order valence-electron chi connectivity index (χ0n) is 14.6. The molecule has 0 saturated heterocycles. The van der Waals surface area contributed by atoms with E-state index in [4.69, 9.17) is 4.74 Å². The second-order valence-corrected chi connectivity index (χ2v) is 6.95. The summed E-state index contributed by atoms with van der Waals surface area (Å²) in [7, 11) is 1.84. The first-order chi connectivity index (χ1) is 12.5. The van der Waals surface area contributed by atoms with Gasteiger partial charge < -0.3 is 14.4 Å². The van der Waals surface area contributed by atoms with Gasteiger partial charge in [-0.1, -0.05) is 29.5 Å². The second kappa shape index (κ2) is 8.33. The normalized spacial score (nSPS) is 12.2. The molecule has 136 valence electrons. The summed E-state index contributed by atoms with van der Waals surface area (Å²) in [5, 5.41) is 19.1. The molecule has 0 aliphatic heterocycles. The van der Waals surface area contributed by atoms with Crippen molar-refractivity contribution in [3.63, 3.8) is 0 Å². The zero-order chi connectivity index (χ0) is 18.5. The van der Waals surface area contributed by atoms with Crippen molar-refractivity contribution in [1.29, 1.82) is 0 Å². The van der Waals surface area contributed by atoms with Crippen LogP contribution in [0.5, 0.6) is 5.75 Å². The van der Waals surface area contributed by atoms with Crippen molar-refractivity contribution in [2.75, 3.05) is 12.4 Å². The highest BCUT2D eigenvalue weighted by molar-refractivity contribution is 7.99. The molecule has 5 nitrogen and oxygen atoms in total. The first-order valence-electron chi connectivity index (χ1n) is 8.18. The third-order valence-electron chi connectivity index (χ3n) is 3.81. The van der Waals surface area contributed by atoms with Crippen LogP contribution in [-0.4, -0.2) is 38.3 Å². The quantitative estimate of drug-likeness (QED) is 0.643. The molecule has 0 radical (unpaired) electrons. The van der Waals surface area contributed by atoms with Crippen molar-refractivity contribution in [3.8, 4) is 17.1 Å². The topological polar surface area (TPSA) is 60.2 Å². The molecular formula is C19H20FN3O2S. The maximum absolute atomic E-state index is 13.0. The van der Waals surface area contributed by atoms with Crippen molar-refractivity contribution in [1.82, 2.24) is 14.8 Å². The Hall–Kier alpha value is -2.38. The predicted molar refractivity (Wildman–Crippen MR) is 99.8 cm³/mol. The Kier molecular flexibility index (Phi) is 5.90. The monoisotopic (exact) mass is 373 g/mol. The Morgan fingerprint density at radius 2 is 1.81 bits per heavy atom. The number of aromatic nitrogens is 3. The van der Waals surface area contributed by atoms with Gasteiger partial charge >= 0.3 is 0 Å². The van der Waals surface area contributed by atoms with Gasteiger partial charge in [0.1, 0.15) is 18.2 Å². The van der Waals surface area contributed by atoms with E-state index in [0.29, 0.717) is 16.7 Å². The van der Waals surface area contributed by atoms with E-state index in [0.717, 1.165) is 16.9 Å². The molecule has 0 bridgehead atoms. The molecule has 0 spiro atoms. The van der Waals surface area contributed by atoms with E-state index in [1.54, 1.807) is 12.1 Å². The highest BCUT2D eigenvalue weighted by atomic mass is 32.2. The number of nitrogens with zero attached hydrogens (tertiary/aromatic N) is 3. The number of aliphatic hydroxyl groups excluding tert-OH is 1. The van der Waals surface area contributed by atoms with E-state index in [1.165, 1.54) is 23.9 Å². The third-order valence-corrected chi connectivity index (χ3v) is 4.97. The molecule has 0 fully saturated rings. The lowest BCUT2D eigenvalue weighted by Crippen LogP contribution is -2.20. The molecule has 1 atom stereocenters. The number of ether oxygens (including phenoxy) is 1. The lowest BCUT2D eigenvalue weighted by atomic mass is 10.2. The van der Waals surface area contributed by atoms with Gasteiger partial charge in [0.2, 0.25) is 0 Å². The number of thioether (sulfide) groups is 1. The molecular weight excluding hydrogens is 353 g/mol. The molecule has 7 heteroatoms. The minimum Gasteiger partial charge on any atom is -0.491 e. The predicted octanol–water partition coefficient (Wildman–Crippen LogP) is 3.46. The molecule has 0 aliphatic carbocycles. The van der Waals surface area contributed by atoms with Crippen LogP contribution in [0, 0.1) is 12.7 Å². The summed E-state index contributed by atoms with van der Waals surface area (Å²) in [5.74, 6) is 1.53. The minimum absolute atomic E-state index is 0.207.